The van der Waals surface area contributed by atoms with Gasteiger partial charge in [0.1, 0.15) is 10.9 Å². The number of fused-ring (bicyclic) bond motifs is 1. The molecule has 8 nitrogen and oxygen atoms in total. The van der Waals surface area contributed by atoms with E-state index in [-0.39, 0.29) is 5.91 Å². The number of H-pyrrole nitrogens is 1. The number of benzene rings is 2. The maximum absolute atomic E-state index is 13.2. The molecular formula is C22H18N6O2S. The van der Waals surface area contributed by atoms with E-state index < -0.39 is 18.0 Å². The first-order chi connectivity index (χ1) is 15.1. The first kappa shape index (κ1) is 19.1. The zero-order valence-corrected chi connectivity index (χ0v) is 17.3. The predicted octanol–water partition coefficient (Wildman–Crippen LogP) is 4.17. The van der Waals surface area contributed by atoms with Gasteiger partial charge in [0.2, 0.25) is 5.91 Å². The lowest BCUT2D eigenvalue weighted by Crippen LogP contribution is -2.45. The molecule has 2 aromatic heterocycles. The highest BCUT2D eigenvalue weighted by molar-refractivity contribution is 7.13. The number of aliphatic imine (C=N–C) groups is 1. The van der Waals surface area contributed by atoms with E-state index in [4.69, 9.17) is 4.98 Å². The third kappa shape index (κ3) is 3.71. The highest BCUT2D eigenvalue weighted by Crippen LogP contribution is 2.32. The number of carbonyl (C=O) groups excluding carboxylic acids is 2. The number of aromatic nitrogens is 3. The van der Waals surface area contributed by atoms with Gasteiger partial charge in [-0.3, -0.25) is 9.89 Å². The Labute approximate surface area is 181 Å². The summed E-state index contributed by atoms with van der Waals surface area (Å²) >= 11 is 1.47. The predicted molar refractivity (Wildman–Crippen MR) is 120 cm³/mol. The molecule has 1 aliphatic rings. The quantitative estimate of drug-likeness (QED) is 0.451. The fourth-order valence-electron chi connectivity index (χ4n) is 3.69. The van der Waals surface area contributed by atoms with Crippen LogP contribution < -0.4 is 10.6 Å². The molecule has 0 aliphatic carbocycles. The van der Waals surface area contributed by atoms with Gasteiger partial charge < -0.3 is 10.6 Å². The molecule has 154 valence electrons. The van der Waals surface area contributed by atoms with E-state index in [2.05, 4.69) is 25.8 Å². The molecule has 0 spiro atoms. The van der Waals surface area contributed by atoms with Crippen molar-refractivity contribution in [2.24, 2.45) is 10.9 Å². The number of anilines is 1. The maximum atomic E-state index is 13.2. The Hall–Kier alpha value is -3.85. The first-order valence-electron chi connectivity index (χ1n) is 9.69. The summed E-state index contributed by atoms with van der Waals surface area (Å²) in [6.45, 7) is 1.69. The van der Waals surface area contributed by atoms with Gasteiger partial charge >= 0.3 is 6.03 Å². The monoisotopic (exact) mass is 430 g/mol. The molecule has 2 aromatic carbocycles. The molecule has 1 aliphatic heterocycles. The second-order valence-corrected chi connectivity index (χ2v) is 8.12. The van der Waals surface area contributed by atoms with Gasteiger partial charge in [0.15, 0.2) is 0 Å². The van der Waals surface area contributed by atoms with Crippen LogP contribution in [0.25, 0.3) is 21.5 Å². The summed E-state index contributed by atoms with van der Waals surface area (Å²) in [5, 5.41) is 16.2. The number of hydrogen-bond acceptors (Lipinski definition) is 5. The number of nitrogens with one attached hydrogen (secondary N) is 3. The van der Waals surface area contributed by atoms with Crippen LogP contribution >= 0.6 is 11.3 Å². The van der Waals surface area contributed by atoms with Gasteiger partial charge in [0, 0.05) is 27.7 Å². The second-order valence-electron chi connectivity index (χ2n) is 7.26. The molecule has 0 radical (unpaired) electrons. The average Bonchev–Trinajstić information content (AvgIpc) is 3.43. The van der Waals surface area contributed by atoms with Gasteiger partial charge in [-0.05, 0) is 25.1 Å². The number of rotatable bonds is 4. The normalized spacial score (nSPS) is 18.5. The highest BCUT2D eigenvalue weighted by Gasteiger charge is 2.38. The Kier molecular flexibility index (Phi) is 4.79. The van der Waals surface area contributed by atoms with Crippen LogP contribution in [0.4, 0.5) is 10.5 Å². The van der Waals surface area contributed by atoms with E-state index in [1.807, 2.05) is 47.8 Å². The molecule has 0 saturated heterocycles. The van der Waals surface area contributed by atoms with Gasteiger partial charge in [0.05, 0.1) is 23.4 Å². The minimum Gasteiger partial charge on any atom is -0.327 e. The van der Waals surface area contributed by atoms with E-state index in [1.165, 1.54) is 11.3 Å². The third-order valence-corrected chi connectivity index (χ3v) is 6.10. The van der Waals surface area contributed by atoms with Crippen LogP contribution in [-0.2, 0) is 4.79 Å². The third-order valence-electron chi connectivity index (χ3n) is 5.19. The van der Waals surface area contributed by atoms with Gasteiger partial charge in [-0.1, -0.05) is 30.3 Å². The fourth-order valence-corrected chi connectivity index (χ4v) is 4.55. The van der Waals surface area contributed by atoms with E-state index in [0.717, 1.165) is 21.5 Å². The summed E-state index contributed by atoms with van der Waals surface area (Å²) in [6, 6.07) is 14.2. The molecule has 3 N–H and O–H groups in total. The van der Waals surface area contributed by atoms with Crippen molar-refractivity contribution in [1.29, 1.82) is 0 Å². The summed E-state index contributed by atoms with van der Waals surface area (Å²) in [5.41, 5.74) is 3.60. The lowest BCUT2D eigenvalue weighted by atomic mass is 9.90. The number of carbonyl (C=O) groups is 2. The molecular weight excluding hydrogens is 412 g/mol. The molecule has 0 saturated carbocycles. The SMILES string of the molecule is CC1=NC(=O)NC(c2csc(-c3ccccc3)n2)C1C(=O)Nc1ccc2[nH]ncc2c1. The molecule has 2 atom stereocenters. The van der Waals surface area contributed by atoms with Gasteiger partial charge in [-0.15, -0.1) is 11.3 Å². The smallest absolute Gasteiger partial charge is 0.327 e. The zero-order chi connectivity index (χ0) is 21.4. The summed E-state index contributed by atoms with van der Waals surface area (Å²) in [6.07, 6.45) is 1.70. The van der Waals surface area contributed by atoms with Gasteiger partial charge in [-0.2, -0.15) is 5.10 Å². The Morgan fingerprint density at radius 2 is 2.00 bits per heavy atom. The molecule has 9 heteroatoms. The standard InChI is InChI=1S/C22H18N6O2S/c1-12-18(20(29)25-15-7-8-16-14(9-15)10-23-28-16)19(27-22(30)24-12)17-11-31-21(26-17)13-5-3-2-4-6-13/h2-11,18-19H,1H3,(H,23,28)(H,25,29)(H,27,30). The fraction of sp³-hybridized carbons (Fsp3) is 0.136. The number of thiazole rings is 1. The van der Waals surface area contributed by atoms with Crippen molar-refractivity contribution in [2.45, 2.75) is 13.0 Å². The zero-order valence-electron chi connectivity index (χ0n) is 16.5. The number of aromatic amines is 1. The summed E-state index contributed by atoms with van der Waals surface area (Å²) in [7, 11) is 0. The minimum absolute atomic E-state index is 0.261. The average molecular weight is 430 g/mol. The van der Waals surface area contributed by atoms with E-state index in [1.54, 1.807) is 19.2 Å². The molecule has 0 bridgehead atoms. The number of amides is 3. The minimum atomic E-state index is -0.677. The summed E-state index contributed by atoms with van der Waals surface area (Å²) in [4.78, 5) is 34.0. The Balaban J connectivity index is 1.44. The van der Waals surface area contributed by atoms with E-state index in [9.17, 15) is 9.59 Å². The van der Waals surface area contributed by atoms with Crippen molar-refractivity contribution >= 4 is 45.6 Å². The molecule has 3 amide bonds. The van der Waals surface area contributed by atoms with Crippen LogP contribution in [0.1, 0.15) is 18.7 Å². The van der Waals surface area contributed by atoms with Gasteiger partial charge in [-0.25, -0.2) is 14.8 Å². The lowest BCUT2D eigenvalue weighted by molar-refractivity contribution is -0.118. The van der Waals surface area contributed by atoms with Crippen molar-refractivity contribution in [3.05, 3.63) is 65.8 Å². The number of hydrogen-bond donors (Lipinski definition) is 3. The molecule has 31 heavy (non-hydrogen) atoms. The van der Waals surface area contributed by atoms with Crippen LogP contribution in [0, 0.1) is 5.92 Å². The molecule has 0 fully saturated rings. The number of nitrogens with zero attached hydrogens (tertiary/aromatic N) is 3. The van der Waals surface area contributed by atoms with E-state index in [0.29, 0.717) is 17.1 Å². The van der Waals surface area contributed by atoms with Gasteiger partial charge in [0.25, 0.3) is 0 Å². The van der Waals surface area contributed by atoms with Crippen LogP contribution in [0.5, 0.6) is 0 Å². The summed E-state index contributed by atoms with van der Waals surface area (Å²) < 4.78 is 0. The Bertz CT molecular complexity index is 1310. The second kappa shape index (κ2) is 7.77. The Morgan fingerprint density at radius 3 is 2.84 bits per heavy atom. The largest absolute Gasteiger partial charge is 0.341 e. The highest BCUT2D eigenvalue weighted by atomic mass is 32.1. The van der Waals surface area contributed by atoms with E-state index >= 15 is 0 Å². The van der Waals surface area contributed by atoms with Crippen LogP contribution in [0.3, 0.4) is 0 Å². The van der Waals surface area contributed by atoms with Crippen molar-refractivity contribution in [1.82, 2.24) is 20.5 Å². The number of urea groups is 1. The molecule has 3 heterocycles. The molecule has 5 rings (SSSR count). The van der Waals surface area contributed by atoms with Crippen molar-refractivity contribution < 1.29 is 9.59 Å². The summed E-state index contributed by atoms with van der Waals surface area (Å²) in [5.74, 6) is -0.938. The maximum Gasteiger partial charge on any atom is 0.341 e. The Morgan fingerprint density at radius 1 is 1.16 bits per heavy atom. The van der Waals surface area contributed by atoms with Crippen LogP contribution in [0.15, 0.2) is 65.1 Å². The molecule has 4 aromatic rings. The lowest BCUT2D eigenvalue weighted by Gasteiger charge is -2.29. The topological polar surface area (TPSA) is 112 Å². The molecule has 2 unspecified atom stereocenters. The van der Waals surface area contributed by atoms with Crippen LogP contribution in [0.2, 0.25) is 0 Å². The van der Waals surface area contributed by atoms with Crippen molar-refractivity contribution in [3.63, 3.8) is 0 Å². The van der Waals surface area contributed by atoms with Crippen LogP contribution in [-0.4, -0.2) is 32.8 Å². The van der Waals surface area contributed by atoms with Crippen molar-refractivity contribution in [3.8, 4) is 10.6 Å². The first-order valence-corrected chi connectivity index (χ1v) is 10.6. The van der Waals surface area contributed by atoms with Crippen molar-refractivity contribution in [2.75, 3.05) is 5.32 Å².